The van der Waals surface area contributed by atoms with Crippen LogP contribution in [0.4, 0.5) is 5.82 Å². The molecule has 0 atom stereocenters. The summed E-state index contributed by atoms with van der Waals surface area (Å²) in [6.07, 6.45) is 2.44. The van der Waals surface area contributed by atoms with Crippen LogP contribution in [-0.2, 0) is 0 Å². The summed E-state index contributed by atoms with van der Waals surface area (Å²) >= 11 is 5.84. The number of nitrogens with one attached hydrogen (secondary N) is 1. The Hall–Kier alpha value is -2.67. The number of phenolic OH excluding ortho intramolecular Hbond substituents is 1. The van der Waals surface area contributed by atoms with Crippen molar-refractivity contribution in [3.63, 3.8) is 0 Å². The average molecular weight is 294 g/mol. The summed E-state index contributed by atoms with van der Waals surface area (Å²) in [6.45, 7) is 0. The lowest BCUT2D eigenvalue weighted by molar-refractivity contribution is 0.0691. The van der Waals surface area contributed by atoms with Crippen molar-refractivity contribution >= 4 is 29.3 Å². The van der Waals surface area contributed by atoms with Gasteiger partial charge in [-0.05, 0) is 18.2 Å². The van der Waals surface area contributed by atoms with Gasteiger partial charge in [0.2, 0.25) is 0 Å². The Balaban J connectivity index is 2.33. The molecule has 2 aromatic rings. The number of hydrogen-bond acceptors (Lipinski definition) is 5. The number of aromatic nitrogens is 2. The lowest BCUT2D eigenvalue weighted by Gasteiger charge is -2.07. The van der Waals surface area contributed by atoms with Crippen LogP contribution in [0.5, 0.6) is 5.75 Å². The zero-order valence-electron chi connectivity index (χ0n) is 9.87. The average Bonchev–Trinajstić information content (AvgIpc) is 2.41. The van der Waals surface area contributed by atoms with Gasteiger partial charge in [-0.3, -0.25) is 4.79 Å². The standard InChI is InChI=1S/C12H8ClN3O4/c13-8-2-1-6(17)5-7(8)11(18)16-10-9(12(19)20)14-3-4-15-10/h1-5,17H,(H,19,20)(H,15,16,18). The number of nitrogens with zero attached hydrogens (tertiary/aromatic N) is 2. The molecule has 0 bridgehead atoms. The summed E-state index contributed by atoms with van der Waals surface area (Å²) < 4.78 is 0. The highest BCUT2D eigenvalue weighted by atomic mass is 35.5. The van der Waals surface area contributed by atoms with Gasteiger partial charge in [-0.25, -0.2) is 14.8 Å². The van der Waals surface area contributed by atoms with E-state index in [4.69, 9.17) is 16.7 Å². The first-order valence-corrected chi connectivity index (χ1v) is 5.71. The van der Waals surface area contributed by atoms with Crippen molar-refractivity contribution in [1.82, 2.24) is 9.97 Å². The molecule has 0 fully saturated rings. The topological polar surface area (TPSA) is 112 Å². The molecule has 0 spiro atoms. The molecule has 0 saturated carbocycles. The molecule has 1 heterocycles. The summed E-state index contributed by atoms with van der Waals surface area (Å²) in [4.78, 5) is 30.3. The molecule has 1 aromatic carbocycles. The first-order valence-electron chi connectivity index (χ1n) is 5.33. The Morgan fingerprint density at radius 3 is 2.60 bits per heavy atom. The second kappa shape index (κ2) is 5.54. The van der Waals surface area contributed by atoms with Crippen LogP contribution in [0, 0.1) is 0 Å². The summed E-state index contributed by atoms with van der Waals surface area (Å²) in [6, 6.07) is 3.83. The van der Waals surface area contributed by atoms with Crippen LogP contribution in [0.2, 0.25) is 5.02 Å². The van der Waals surface area contributed by atoms with Gasteiger partial charge < -0.3 is 15.5 Å². The maximum absolute atomic E-state index is 12.0. The van der Waals surface area contributed by atoms with Crippen molar-refractivity contribution in [3.05, 3.63) is 46.9 Å². The normalized spacial score (nSPS) is 10.1. The SMILES string of the molecule is O=C(Nc1nccnc1C(=O)O)c1cc(O)ccc1Cl. The number of amides is 1. The van der Waals surface area contributed by atoms with Gasteiger partial charge in [0.05, 0.1) is 10.6 Å². The fourth-order valence-corrected chi connectivity index (χ4v) is 1.65. The van der Waals surface area contributed by atoms with Gasteiger partial charge >= 0.3 is 5.97 Å². The highest BCUT2D eigenvalue weighted by Crippen LogP contribution is 2.22. The number of hydrogen-bond donors (Lipinski definition) is 3. The minimum Gasteiger partial charge on any atom is -0.508 e. The molecule has 0 radical (unpaired) electrons. The highest BCUT2D eigenvalue weighted by Gasteiger charge is 2.17. The van der Waals surface area contributed by atoms with Crippen LogP contribution in [0.25, 0.3) is 0 Å². The minimum absolute atomic E-state index is 0.00587. The fourth-order valence-electron chi connectivity index (χ4n) is 1.45. The Kier molecular flexibility index (Phi) is 3.81. The van der Waals surface area contributed by atoms with Crippen molar-refractivity contribution in [1.29, 1.82) is 0 Å². The number of carbonyl (C=O) groups excluding carboxylic acids is 1. The largest absolute Gasteiger partial charge is 0.508 e. The maximum Gasteiger partial charge on any atom is 0.358 e. The first-order chi connectivity index (χ1) is 9.49. The van der Waals surface area contributed by atoms with Gasteiger partial charge in [0, 0.05) is 12.4 Å². The van der Waals surface area contributed by atoms with Gasteiger partial charge in [-0.2, -0.15) is 0 Å². The van der Waals surface area contributed by atoms with E-state index in [1.54, 1.807) is 0 Å². The highest BCUT2D eigenvalue weighted by molar-refractivity contribution is 6.34. The Morgan fingerprint density at radius 2 is 1.90 bits per heavy atom. The predicted octanol–water partition coefficient (Wildman–Crippen LogP) is 1.79. The van der Waals surface area contributed by atoms with Crippen molar-refractivity contribution in [2.24, 2.45) is 0 Å². The number of halogens is 1. The Bertz CT molecular complexity index is 690. The lowest BCUT2D eigenvalue weighted by atomic mass is 10.2. The third kappa shape index (κ3) is 2.83. The quantitative estimate of drug-likeness (QED) is 0.795. The van der Waals surface area contributed by atoms with E-state index in [0.29, 0.717) is 0 Å². The molecule has 0 aliphatic carbocycles. The number of carbonyl (C=O) groups is 2. The van der Waals surface area contributed by atoms with E-state index in [-0.39, 0.29) is 22.2 Å². The molecule has 0 saturated heterocycles. The van der Waals surface area contributed by atoms with Gasteiger partial charge in [0.1, 0.15) is 5.75 Å². The van der Waals surface area contributed by atoms with Crippen LogP contribution in [-0.4, -0.2) is 32.1 Å². The zero-order valence-corrected chi connectivity index (χ0v) is 10.6. The molecule has 2 rings (SSSR count). The Labute approximate surface area is 117 Å². The lowest BCUT2D eigenvalue weighted by Crippen LogP contribution is -2.17. The third-order valence-corrected chi connectivity index (χ3v) is 2.66. The van der Waals surface area contributed by atoms with Crippen molar-refractivity contribution in [2.45, 2.75) is 0 Å². The number of rotatable bonds is 3. The van der Waals surface area contributed by atoms with Crippen LogP contribution in [0.3, 0.4) is 0 Å². The monoisotopic (exact) mass is 293 g/mol. The van der Waals surface area contributed by atoms with Gasteiger partial charge in [-0.15, -0.1) is 0 Å². The van der Waals surface area contributed by atoms with Crippen LogP contribution >= 0.6 is 11.6 Å². The fraction of sp³-hybridized carbons (Fsp3) is 0. The minimum atomic E-state index is -1.32. The van der Waals surface area contributed by atoms with Crippen LogP contribution in [0.1, 0.15) is 20.8 Å². The number of benzene rings is 1. The molecule has 0 aliphatic heterocycles. The predicted molar refractivity (Wildman–Crippen MR) is 70.1 cm³/mol. The van der Waals surface area contributed by atoms with E-state index in [1.165, 1.54) is 24.5 Å². The van der Waals surface area contributed by atoms with E-state index in [0.717, 1.165) is 6.07 Å². The number of anilines is 1. The van der Waals surface area contributed by atoms with E-state index >= 15 is 0 Å². The molecule has 0 unspecified atom stereocenters. The summed E-state index contributed by atoms with van der Waals surface area (Å²) in [7, 11) is 0. The van der Waals surface area contributed by atoms with Crippen molar-refractivity contribution in [2.75, 3.05) is 5.32 Å². The Morgan fingerprint density at radius 1 is 1.20 bits per heavy atom. The number of carboxylic acids is 1. The summed E-state index contributed by atoms with van der Waals surface area (Å²) in [5.74, 6) is -2.37. The molecular formula is C12H8ClN3O4. The zero-order chi connectivity index (χ0) is 14.7. The summed E-state index contributed by atoms with van der Waals surface area (Å²) in [5.41, 5.74) is -0.397. The molecule has 102 valence electrons. The van der Waals surface area contributed by atoms with Gasteiger partial charge in [0.15, 0.2) is 11.5 Å². The molecule has 8 heteroatoms. The van der Waals surface area contributed by atoms with Gasteiger partial charge in [-0.1, -0.05) is 11.6 Å². The molecule has 7 nitrogen and oxygen atoms in total. The number of aromatic carboxylic acids is 1. The van der Waals surface area contributed by atoms with E-state index < -0.39 is 17.6 Å². The number of aromatic hydroxyl groups is 1. The van der Waals surface area contributed by atoms with E-state index in [2.05, 4.69) is 15.3 Å². The molecule has 1 aromatic heterocycles. The first kappa shape index (κ1) is 13.8. The van der Waals surface area contributed by atoms with Crippen molar-refractivity contribution < 1.29 is 19.8 Å². The molecule has 20 heavy (non-hydrogen) atoms. The molecular weight excluding hydrogens is 286 g/mol. The van der Waals surface area contributed by atoms with Crippen LogP contribution < -0.4 is 5.32 Å². The van der Waals surface area contributed by atoms with Crippen molar-refractivity contribution in [3.8, 4) is 5.75 Å². The van der Waals surface area contributed by atoms with E-state index in [1.807, 2.05) is 0 Å². The number of phenols is 1. The second-order valence-electron chi connectivity index (χ2n) is 3.68. The maximum atomic E-state index is 12.0. The number of carboxylic acid groups (broad SMARTS) is 1. The summed E-state index contributed by atoms with van der Waals surface area (Å²) in [5, 5.41) is 20.7. The molecule has 0 aliphatic rings. The molecule has 1 amide bonds. The third-order valence-electron chi connectivity index (χ3n) is 2.33. The second-order valence-corrected chi connectivity index (χ2v) is 4.08. The van der Waals surface area contributed by atoms with Gasteiger partial charge in [0.25, 0.3) is 5.91 Å². The molecule has 3 N–H and O–H groups in total. The van der Waals surface area contributed by atoms with Crippen LogP contribution in [0.15, 0.2) is 30.6 Å². The van der Waals surface area contributed by atoms with E-state index in [9.17, 15) is 14.7 Å². The smallest absolute Gasteiger partial charge is 0.358 e.